The summed E-state index contributed by atoms with van der Waals surface area (Å²) in [5.41, 5.74) is 5.75. The number of hydrogen-bond acceptors (Lipinski definition) is 0. The smallest absolute Gasteiger partial charge is 1.00 e. The molecule has 0 aliphatic heterocycles. The van der Waals surface area contributed by atoms with E-state index >= 15 is 0 Å². The molecule has 0 heterocycles. The van der Waals surface area contributed by atoms with Crippen LogP contribution in [0, 0.1) is 0 Å². The van der Waals surface area contributed by atoms with Gasteiger partial charge in [-0.1, -0.05) is 156 Å². The van der Waals surface area contributed by atoms with Crippen LogP contribution in [0.25, 0.3) is 0 Å². The van der Waals surface area contributed by atoms with Crippen molar-refractivity contribution in [3.63, 3.8) is 0 Å². The Kier molecular flexibility index (Phi) is 17.3. The van der Waals surface area contributed by atoms with Crippen LogP contribution in [0.2, 0.25) is 0 Å². The van der Waals surface area contributed by atoms with Crippen LogP contribution >= 0.6 is 0 Å². The average molecular weight is 660 g/mol. The minimum absolute atomic E-state index is 0. The number of rotatable bonds is 10. The van der Waals surface area contributed by atoms with E-state index in [0.29, 0.717) is 17.8 Å². The molecule has 0 saturated heterocycles. The van der Waals surface area contributed by atoms with E-state index in [1.807, 2.05) is 0 Å². The predicted molar refractivity (Wildman–Crippen MR) is 167 cm³/mol. The van der Waals surface area contributed by atoms with Gasteiger partial charge in [0.2, 0.25) is 0 Å². The van der Waals surface area contributed by atoms with Crippen LogP contribution in [0.1, 0.15) is 101 Å². The molecular formula is C36H45Cl3SiTi. The summed E-state index contributed by atoms with van der Waals surface area (Å²) in [6.07, 6.45) is 3.63. The van der Waals surface area contributed by atoms with Gasteiger partial charge in [-0.2, -0.15) is 17.7 Å². The third kappa shape index (κ3) is 8.69. The second-order valence-corrected chi connectivity index (χ2v) is 15.5. The Hall–Kier alpha value is -1.19. The normalized spacial score (nSPS) is 11.0. The van der Waals surface area contributed by atoms with E-state index in [1.165, 1.54) is 55.8 Å². The van der Waals surface area contributed by atoms with E-state index < -0.39 is 8.07 Å². The Labute approximate surface area is 284 Å². The molecule has 218 valence electrons. The summed E-state index contributed by atoms with van der Waals surface area (Å²) in [5, 5.41) is 6.00. The molecule has 4 aromatic rings. The van der Waals surface area contributed by atoms with Gasteiger partial charge in [-0.05, 0) is 34.4 Å². The van der Waals surface area contributed by atoms with Crippen LogP contribution in [-0.2, 0) is 28.1 Å². The first-order valence-corrected chi connectivity index (χ1v) is 16.3. The fourth-order valence-corrected chi connectivity index (χ4v) is 10.6. The van der Waals surface area contributed by atoms with Crippen LogP contribution < -0.4 is 58.0 Å². The summed E-state index contributed by atoms with van der Waals surface area (Å²) in [5.74, 6) is 1.49. The molecule has 4 aromatic carbocycles. The second-order valence-electron chi connectivity index (χ2n) is 11.7. The molecule has 0 nitrogen and oxygen atoms in total. The predicted octanol–water partition coefficient (Wildman–Crippen LogP) is -1.49. The van der Waals surface area contributed by atoms with E-state index in [-0.39, 0.29) is 58.9 Å². The summed E-state index contributed by atoms with van der Waals surface area (Å²) in [6, 6.07) is 36.1. The SMILES string of the molecule is CCCCc1cc[c-]([Si](c2cccc(C(C)C)c2)(c2cccc(C(C)C)c2)c2cccc(C(C)C)c2)c1.[Cl-].[Cl-].[Cl-].[Ti+4]. The number of aryl methyl sites for hydroxylation is 1. The van der Waals surface area contributed by atoms with E-state index in [1.54, 1.807) is 0 Å². The van der Waals surface area contributed by atoms with Gasteiger partial charge in [-0.25, -0.2) is 6.07 Å². The minimum Gasteiger partial charge on any atom is -1.00 e. The molecule has 5 heteroatoms. The van der Waals surface area contributed by atoms with Gasteiger partial charge in [0.05, 0.1) is 0 Å². The van der Waals surface area contributed by atoms with Crippen LogP contribution in [0.5, 0.6) is 0 Å². The van der Waals surface area contributed by atoms with E-state index in [2.05, 4.69) is 139 Å². The maximum absolute atomic E-state index is 2.55. The summed E-state index contributed by atoms with van der Waals surface area (Å²) in [6.45, 7) is 16.2. The molecule has 0 bridgehead atoms. The number of halogens is 3. The molecule has 0 spiro atoms. The van der Waals surface area contributed by atoms with E-state index in [4.69, 9.17) is 0 Å². The van der Waals surface area contributed by atoms with Crippen molar-refractivity contribution < 1.29 is 58.9 Å². The van der Waals surface area contributed by atoms with Crippen molar-refractivity contribution in [3.8, 4) is 0 Å². The fraction of sp³-hybridized carbons (Fsp3) is 0.361. The Morgan fingerprint density at radius 2 is 1.00 bits per heavy atom. The van der Waals surface area contributed by atoms with Gasteiger partial charge in [0.1, 0.15) is 8.07 Å². The van der Waals surface area contributed by atoms with Crippen molar-refractivity contribution in [1.82, 2.24) is 0 Å². The first-order valence-electron chi connectivity index (χ1n) is 14.3. The van der Waals surface area contributed by atoms with Crippen molar-refractivity contribution in [1.29, 1.82) is 0 Å². The Morgan fingerprint density at radius 3 is 1.34 bits per heavy atom. The minimum atomic E-state index is -2.55. The summed E-state index contributed by atoms with van der Waals surface area (Å²) in [7, 11) is -2.55. The molecular weight excluding hydrogens is 615 g/mol. The van der Waals surface area contributed by atoms with Gasteiger partial charge in [0.25, 0.3) is 0 Å². The topological polar surface area (TPSA) is 0 Å². The average Bonchev–Trinajstić information content (AvgIpc) is 3.37. The zero-order valence-electron chi connectivity index (χ0n) is 25.6. The van der Waals surface area contributed by atoms with E-state index in [9.17, 15) is 0 Å². The Balaban J connectivity index is 0.00000400. The fourth-order valence-electron chi connectivity index (χ4n) is 5.66. The summed E-state index contributed by atoms with van der Waals surface area (Å²) >= 11 is 0. The van der Waals surface area contributed by atoms with Gasteiger partial charge in [-0.3, -0.25) is 0 Å². The van der Waals surface area contributed by atoms with Crippen LogP contribution in [0.3, 0.4) is 0 Å². The molecule has 0 fully saturated rings. The molecule has 0 aliphatic rings. The van der Waals surface area contributed by atoms with Crippen LogP contribution in [0.4, 0.5) is 0 Å². The van der Waals surface area contributed by atoms with Crippen molar-refractivity contribution in [3.05, 3.63) is 113 Å². The van der Waals surface area contributed by atoms with Gasteiger partial charge in [-0.15, -0.1) is 5.19 Å². The first-order chi connectivity index (χ1) is 17.8. The maximum Gasteiger partial charge on any atom is 4.00 e. The quantitative estimate of drug-likeness (QED) is 0.111. The molecule has 0 aliphatic carbocycles. The molecule has 0 atom stereocenters. The van der Waals surface area contributed by atoms with Crippen molar-refractivity contribution in [2.45, 2.75) is 85.5 Å². The van der Waals surface area contributed by atoms with Crippen LogP contribution in [0.15, 0.2) is 91.0 Å². The largest absolute Gasteiger partial charge is 4.00 e. The molecule has 0 aromatic heterocycles. The zero-order chi connectivity index (χ0) is 26.6. The second kappa shape index (κ2) is 17.8. The Morgan fingerprint density at radius 1 is 0.610 bits per heavy atom. The monoisotopic (exact) mass is 658 g/mol. The Bertz CT molecular complexity index is 1200. The summed E-state index contributed by atoms with van der Waals surface area (Å²) < 4.78 is 0. The van der Waals surface area contributed by atoms with Gasteiger partial charge in [0, 0.05) is 0 Å². The standard InChI is InChI=1S/C36H45Si.3ClH.Ti/c1-8-9-13-29-20-21-36(22-29)37(33-17-10-14-30(23-33)26(2)3,34-18-11-15-31(24-34)27(4)5)35-19-12-16-32(25-35)28(6)7;;;;/h10-12,14-28H,8-9,13H2,1-7H3;3*1H;/q-1;;;;+4/p-3. The molecule has 41 heavy (non-hydrogen) atoms. The molecule has 0 saturated carbocycles. The molecule has 0 N–H and O–H groups in total. The first kappa shape index (κ1) is 39.8. The van der Waals surface area contributed by atoms with E-state index in [0.717, 1.165) is 6.42 Å². The van der Waals surface area contributed by atoms with Crippen molar-refractivity contribution >= 4 is 28.8 Å². The molecule has 4 rings (SSSR count). The summed E-state index contributed by atoms with van der Waals surface area (Å²) in [4.78, 5) is 0. The zero-order valence-corrected chi connectivity index (χ0v) is 30.5. The van der Waals surface area contributed by atoms with Gasteiger partial charge in [0.15, 0.2) is 0 Å². The number of benzene rings is 3. The number of hydrogen-bond donors (Lipinski definition) is 0. The van der Waals surface area contributed by atoms with Crippen molar-refractivity contribution in [2.24, 2.45) is 0 Å². The van der Waals surface area contributed by atoms with Gasteiger partial charge < -0.3 is 37.2 Å². The molecule has 0 amide bonds. The molecule has 0 unspecified atom stereocenters. The maximum atomic E-state index is 2.55. The van der Waals surface area contributed by atoms with Gasteiger partial charge >= 0.3 is 21.7 Å². The third-order valence-corrected chi connectivity index (χ3v) is 12.7. The van der Waals surface area contributed by atoms with Crippen LogP contribution in [-0.4, -0.2) is 8.07 Å². The third-order valence-electron chi connectivity index (χ3n) is 8.03. The number of unbranched alkanes of at least 4 members (excludes halogenated alkanes) is 1. The molecule has 0 radical (unpaired) electrons. The van der Waals surface area contributed by atoms with Crippen molar-refractivity contribution in [2.75, 3.05) is 0 Å².